The van der Waals surface area contributed by atoms with Crippen molar-refractivity contribution in [3.8, 4) is 17.2 Å². The lowest BCUT2D eigenvalue weighted by molar-refractivity contribution is -0.124. The van der Waals surface area contributed by atoms with Crippen LogP contribution in [0.15, 0.2) is 71.8 Å². The summed E-state index contributed by atoms with van der Waals surface area (Å²) in [6.07, 6.45) is 0.567. The van der Waals surface area contributed by atoms with E-state index in [9.17, 15) is 24.2 Å². The van der Waals surface area contributed by atoms with Gasteiger partial charge in [0.15, 0.2) is 18.1 Å². The molecule has 39 heavy (non-hydrogen) atoms. The van der Waals surface area contributed by atoms with E-state index in [0.29, 0.717) is 28.3 Å². The molecule has 2 atom stereocenters. The SMILES string of the molecule is CC[C@@H](CO)NC(=O)COc1cccc(C2SC(c3ccc(F)cc3)=NN2C(=O)c2ccccc2O)c1OC. The number of aromatic hydroxyl groups is 1. The van der Waals surface area contributed by atoms with Crippen LogP contribution in [-0.2, 0) is 4.79 Å². The number of carbonyl (C=O) groups excluding carboxylic acids is 2. The number of halogens is 1. The van der Waals surface area contributed by atoms with Crippen LogP contribution in [0.2, 0.25) is 0 Å². The molecular weight excluding hydrogens is 525 g/mol. The highest BCUT2D eigenvalue weighted by atomic mass is 32.2. The average molecular weight is 554 g/mol. The molecular formula is C28H28FN3O6S. The number of phenolic OH excluding ortho intramolecular Hbond substituents is 1. The van der Waals surface area contributed by atoms with Gasteiger partial charge in [0.05, 0.1) is 25.3 Å². The number of rotatable bonds is 10. The Kier molecular flexibility index (Phi) is 9.05. The average Bonchev–Trinajstić information content (AvgIpc) is 3.40. The molecule has 0 aromatic heterocycles. The van der Waals surface area contributed by atoms with Gasteiger partial charge in [-0.3, -0.25) is 9.59 Å². The maximum Gasteiger partial charge on any atom is 0.279 e. The molecule has 0 radical (unpaired) electrons. The van der Waals surface area contributed by atoms with Crippen molar-refractivity contribution in [3.63, 3.8) is 0 Å². The Bertz CT molecular complexity index is 1360. The van der Waals surface area contributed by atoms with Crippen LogP contribution in [0.3, 0.4) is 0 Å². The van der Waals surface area contributed by atoms with Crippen LogP contribution in [0.25, 0.3) is 0 Å². The highest BCUT2D eigenvalue weighted by Gasteiger charge is 2.37. The number of carbonyl (C=O) groups is 2. The van der Waals surface area contributed by atoms with Gasteiger partial charge in [0.2, 0.25) is 0 Å². The topological polar surface area (TPSA) is 121 Å². The lowest BCUT2D eigenvalue weighted by Gasteiger charge is -2.24. The molecule has 204 valence electrons. The number of benzene rings is 3. The van der Waals surface area contributed by atoms with E-state index in [2.05, 4.69) is 10.4 Å². The number of ether oxygens (including phenoxy) is 2. The smallest absolute Gasteiger partial charge is 0.279 e. The molecule has 3 aromatic carbocycles. The molecule has 1 aliphatic rings. The third-order valence-corrected chi connectivity index (χ3v) is 7.21. The summed E-state index contributed by atoms with van der Waals surface area (Å²) in [7, 11) is 1.45. The summed E-state index contributed by atoms with van der Waals surface area (Å²) in [4.78, 5) is 25.9. The number of methoxy groups -OCH3 is 1. The van der Waals surface area contributed by atoms with E-state index in [1.807, 2.05) is 6.92 Å². The number of hydrogen-bond acceptors (Lipinski definition) is 8. The molecule has 4 rings (SSSR count). The molecule has 1 unspecified atom stereocenters. The molecule has 0 saturated carbocycles. The second-order valence-electron chi connectivity index (χ2n) is 8.57. The molecule has 9 nitrogen and oxygen atoms in total. The van der Waals surface area contributed by atoms with Crippen LogP contribution in [0.4, 0.5) is 4.39 Å². The van der Waals surface area contributed by atoms with Crippen LogP contribution in [0, 0.1) is 5.82 Å². The predicted octanol–water partition coefficient (Wildman–Crippen LogP) is 4.06. The molecule has 0 saturated heterocycles. The van der Waals surface area contributed by atoms with Crippen molar-refractivity contribution >= 4 is 28.6 Å². The molecule has 1 aliphatic heterocycles. The van der Waals surface area contributed by atoms with Crippen LogP contribution < -0.4 is 14.8 Å². The zero-order chi connectivity index (χ0) is 27.9. The number of nitrogens with zero attached hydrogens (tertiary/aromatic N) is 2. The maximum absolute atomic E-state index is 13.6. The minimum atomic E-state index is -0.733. The van der Waals surface area contributed by atoms with Crippen LogP contribution in [-0.4, -0.2) is 58.4 Å². The van der Waals surface area contributed by atoms with E-state index in [4.69, 9.17) is 9.47 Å². The zero-order valence-corrected chi connectivity index (χ0v) is 22.2. The minimum absolute atomic E-state index is 0.0598. The second-order valence-corrected chi connectivity index (χ2v) is 9.64. The third-order valence-electron chi connectivity index (χ3n) is 5.99. The first kappa shape index (κ1) is 27.9. The lowest BCUT2D eigenvalue weighted by Crippen LogP contribution is -2.39. The van der Waals surface area contributed by atoms with Gasteiger partial charge in [-0.2, -0.15) is 5.10 Å². The van der Waals surface area contributed by atoms with Crippen molar-refractivity contribution < 1.29 is 33.7 Å². The number of hydrazone groups is 1. The summed E-state index contributed by atoms with van der Waals surface area (Å²) in [6, 6.07) is 16.6. The Labute approximate surface area is 229 Å². The summed E-state index contributed by atoms with van der Waals surface area (Å²) in [5, 5.41) is 27.9. The number of nitrogens with one attached hydrogen (secondary N) is 1. The first-order chi connectivity index (χ1) is 18.9. The fraction of sp³-hybridized carbons (Fsp3) is 0.250. The van der Waals surface area contributed by atoms with Crippen molar-refractivity contribution in [2.45, 2.75) is 24.8 Å². The quantitative estimate of drug-likeness (QED) is 0.346. The van der Waals surface area contributed by atoms with Gasteiger partial charge < -0.3 is 25.0 Å². The first-order valence-corrected chi connectivity index (χ1v) is 13.1. The highest BCUT2D eigenvalue weighted by molar-refractivity contribution is 8.14. The lowest BCUT2D eigenvalue weighted by atomic mass is 10.1. The van der Waals surface area contributed by atoms with Gasteiger partial charge >= 0.3 is 0 Å². The maximum atomic E-state index is 13.6. The van der Waals surface area contributed by atoms with Crippen LogP contribution in [0.1, 0.15) is 40.2 Å². The van der Waals surface area contributed by atoms with E-state index in [1.165, 1.54) is 48.1 Å². The standard InChI is InChI=1S/C28H28FN3O6S/c1-3-19(15-33)30-24(35)16-38-23-10-6-8-21(25(23)37-2)28-32(27(36)20-7-4-5-9-22(20)34)31-26(39-28)17-11-13-18(29)14-12-17/h4-14,19,28,33-34H,3,15-16H2,1-2H3,(H,30,35)/t19-,28?/m0/s1. The molecule has 3 aromatic rings. The summed E-state index contributed by atoms with van der Waals surface area (Å²) < 4.78 is 25.0. The monoisotopic (exact) mass is 553 g/mol. The Morgan fingerprint density at radius 1 is 1.13 bits per heavy atom. The van der Waals surface area contributed by atoms with Gasteiger partial charge in [0, 0.05) is 11.1 Å². The summed E-state index contributed by atoms with van der Waals surface area (Å²) in [6.45, 7) is 1.35. The molecule has 0 fully saturated rings. The fourth-order valence-corrected chi connectivity index (χ4v) is 5.10. The first-order valence-electron chi connectivity index (χ1n) is 12.2. The Morgan fingerprint density at radius 2 is 1.87 bits per heavy atom. The summed E-state index contributed by atoms with van der Waals surface area (Å²) in [5.41, 5.74) is 1.20. The molecule has 1 heterocycles. The van der Waals surface area contributed by atoms with Crippen LogP contribution in [0.5, 0.6) is 17.2 Å². The van der Waals surface area contributed by atoms with E-state index in [1.54, 1.807) is 42.5 Å². The van der Waals surface area contributed by atoms with Gasteiger partial charge in [-0.05, 0) is 48.9 Å². The number of aliphatic hydroxyl groups excluding tert-OH is 1. The van der Waals surface area contributed by atoms with E-state index in [-0.39, 0.29) is 36.3 Å². The molecule has 3 N–H and O–H groups in total. The highest BCUT2D eigenvalue weighted by Crippen LogP contribution is 2.47. The summed E-state index contributed by atoms with van der Waals surface area (Å²) >= 11 is 1.25. The van der Waals surface area contributed by atoms with Crippen molar-refractivity contribution in [3.05, 3.63) is 89.2 Å². The van der Waals surface area contributed by atoms with Gasteiger partial charge in [-0.15, -0.1) is 0 Å². The second kappa shape index (κ2) is 12.6. The molecule has 0 aliphatic carbocycles. The predicted molar refractivity (Wildman–Crippen MR) is 145 cm³/mol. The van der Waals surface area contributed by atoms with Gasteiger partial charge in [-0.25, -0.2) is 9.40 Å². The van der Waals surface area contributed by atoms with E-state index < -0.39 is 23.0 Å². The Hall–Kier alpha value is -4.09. The number of thioether (sulfide) groups is 1. The largest absolute Gasteiger partial charge is 0.507 e. The third kappa shape index (κ3) is 6.32. The number of hydrogen-bond donors (Lipinski definition) is 3. The fourth-order valence-electron chi connectivity index (χ4n) is 3.92. The van der Waals surface area contributed by atoms with Crippen LogP contribution >= 0.6 is 11.8 Å². The van der Waals surface area contributed by atoms with Crippen molar-refractivity contribution in [2.75, 3.05) is 20.3 Å². The van der Waals surface area contributed by atoms with Crippen molar-refractivity contribution in [2.24, 2.45) is 5.10 Å². The molecule has 0 spiro atoms. The Balaban J connectivity index is 1.67. The number of aliphatic hydroxyl groups is 1. The van der Waals surface area contributed by atoms with Crippen molar-refractivity contribution in [1.29, 1.82) is 0 Å². The van der Waals surface area contributed by atoms with Crippen molar-refractivity contribution in [1.82, 2.24) is 10.3 Å². The van der Waals surface area contributed by atoms with E-state index >= 15 is 0 Å². The molecule has 11 heteroatoms. The zero-order valence-electron chi connectivity index (χ0n) is 21.3. The number of para-hydroxylation sites is 2. The Morgan fingerprint density at radius 3 is 2.54 bits per heavy atom. The molecule has 2 amide bonds. The number of amides is 2. The van der Waals surface area contributed by atoms with Gasteiger partial charge in [0.25, 0.3) is 11.8 Å². The number of phenols is 1. The molecule has 0 bridgehead atoms. The minimum Gasteiger partial charge on any atom is -0.507 e. The normalized spacial score (nSPS) is 15.4. The van der Waals surface area contributed by atoms with Gasteiger partial charge in [-0.1, -0.05) is 43.0 Å². The van der Waals surface area contributed by atoms with Gasteiger partial charge in [0.1, 0.15) is 22.0 Å². The summed E-state index contributed by atoms with van der Waals surface area (Å²) in [5.74, 6) is -0.988. The van der Waals surface area contributed by atoms with E-state index in [0.717, 1.165) is 0 Å².